The number of carbonyl (C=O) groups excluding carboxylic acids is 2. The van der Waals surface area contributed by atoms with Crippen molar-refractivity contribution < 1.29 is 24.9 Å². The minimum atomic E-state index is -0.689. The number of hydrogen-bond donors (Lipinski definition) is 3. The first-order valence-electron chi connectivity index (χ1n) is 6.90. The van der Waals surface area contributed by atoms with Crippen LogP contribution in [-0.4, -0.2) is 26.9 Å². The van der Waals surface area contributed by atoms with E-state index < -0.39 is 11.6 Å². The standard InChI is InChI=1S/C18H10O5/c19-11-7-3-6-10-12(11)18(23)14-13(17(10)22)15(20)8-4-1-2-5-9(8)16(14)21/h1-7,19-21H. The number of benzene rings is 3. The fourth-order valence-electron chi connectivity index (χ4n) is 3.07. The second-order valence-electron chi connectivity index (χ2n) is 5.35. The Morgan fingerprint density at radius 1 is 0.609 bits per heavy atom. The maximum Gasteiger partial charge on any atom is 0.202 e. The number of phenols is 3. The molecule has 5 nitrogen and oxygen atoms in total. The van der Waals surface area contributed by atoms with Crippen LogP contribution in [0, 0.1) is 0 Å². The molecule has 3 N–H and O–H groups in total. The molecule has 0 spiro atoms. The molecule has 0 fully saturated rings. The smallest absolute Gasteiger partial charge is 0.202 e. The summed E-state index contributed by atoms with van der Waals surface area (Å²) >= 11 is 0. The number of carbonyl (C=O) groups is 2. The predicted octanol–water partition coefficient (Wildman–Crippen LogP) is 2.73. The summed E-state index contributed by atoms with van der Waals surface area (Å²) < 4.78 is 0. The van der Waals surface area contributed by atoms with Gasteiger partial charge in [-0.15, -0.1) is 0 Å². The minimum absolute atomic E-state index is 0.00693. The zero-order valence-electron chi connectivity index (χ0n) is 11.7. The Balaban J connectivity index is 2.20. The molecule has 5 heteroatoms. The van der Waals surface area contributed by atoms with Crippen LogP contribution in [0.25, 0.3) is 10.8 Å². The molecule has 1 aliphatic rings. The molecule has 0 saturated carbocycles. The number of rotatable bonds is 0. The molecular formula is C18H10O5. The van der Waals surface area contributed by atoms with Gasteiger partial charge in [-0.05, 0) is 6.07 Å². The lowest BCUT2D eigenvalue weighted by Crippen LogP contribution is -2.21. The third-order valence-corrected chi connectivity index (χ3v) is 4.13. The average molecular weight is 306 g/mol. The van der Waals surface area contributed by atoms with Gasteiger partial charge in [-0.25, -0.2) is 0 Å². The maximum atomic E-state index is 12.7. The molecule has 3 aromatic carbocycles. The number of fused-ring (bicyclic) bond motifs is 3. The third-order valence-electron chi connectivity index (χ3n) is 4.13. The van der Waals surface area contributed by atoms with Crippen LogP contribution in [0.15, 0.2) is 42.5 Å². The average Bonchev–Trinajstić information content (AvgIpc) is 2.55. The van der Waals surface area contributed by atoms with Gasteiger partial charge in [0, 0.05) is 16.3 Å². The minimum Gasteiger partial charge on any atom is -0.507 e. The Morgan fingerprint density at radius 3 is 1.78 bits per heavy atom. The van der Waals surface area contributed by atoms with E-state index in [1.807, 2.05) is 0 Å². The summed E-state index contributed by atoms with van der Waals surface area (Å²) in [5, 5.41) is 31.4. The molecule has 0 amide bonds. The fourth-order valence-corrected chi connectivity index (χ4v) is 3.07. The van der Waals surface area contributed by atoms with Crippen molar-refractivity contribution in [2.75, 3.05) is 0 Å². The molecule has 0 radical (unpaired) electrons. The molecule has 23 heavy (non-hydrogen) atoms. The Kier molecular flexibility index (Phi) is 2.51. The zero-order valence-corrected chi connectivity index (χ0v) is 11.7. The van der Waals surface area contributed by atoms with Gasteiger partial charge in [-0.1, -0.05) is 36.4 Å². The number of phenolic OH excluding ortho intramolecular Hbond substituents is 3. The quantitative estimate of drug-likeness (QED) is 0.434. The van der Waals surface area contributed by atoms with E-state index in [-0.39, 0.29) is 50.3 Å². The van der Waals surface area contributed by atoms with E-state index in [4.69, 9.17) is 0 Å². The third kappa shape index (κ3) is 1.56. The van der Waals surface area contributed by atoms with Crippen molar-refractivity contribution in [2.45, 2.75) is 0 Å². The monoisotopic (exact) mass is 306 g/mol. The molecule has 3 aromatic rings. The summed E-state index contributed by atoms with van der Waals surface area (Å²) in [6, 6.07) is 10.6. The lowest BCUT2D eigenvalue weighted by Gasteiger charge is -2.21. The first-order chi connectivity index (χ1) is 11.0. The Hall–Kier alpha value is -3.34. The Morgan fingerprint density at radius 2 is 1.17 bits per heavy atom. The van der Waals surface area contributed by atoms with Gasteiger partial charge in [-0.2, -0.15) is 0 Å². The lowest BCUT2D eigenvalue weighted by atomic mass is 9.81. The summed E-state index contributed by atoms with van der Waals surface area (Å²) in [5.74, 6) is -2.35. The van der Waals surface area contributed by atoms with Gasteiger partial charge in [0.25, 0.3) is 0 Å². The normalized spacial score (nSPS) is 13.0. The summed E-state index contributed by atoms with van der Waals surface area (Å²) in [6.45, 7) is 0. The summed E-state index contributed by atoms with van der Waals surface area (Å²) in [6.07, 6.45) is 0. The number of hydrogen-bond acceptors (Lipinski definition) is 5. The van der Waals surface area contributed by atoms with Gasteiger partial charge in [0.1, 0.15) is 17.2 Å². The highest BCUT2D eigenvalue weighted by Crippen LogP contribution is 2.45. The second-order valence-corrected chi connectivity index (χ2v) is 5.35. The highest BCUT2D eigenvalue weighted by Gasteiger charge is 2.37. The molecular weight excluding hydrogens is 296 g/mol. The van der Waals surface area contributed by atoms with Crippen LogP contribution in [0.4, 0.5) is 0 Å². The predicted molar refractivity (Wildman–Crippen MR) is 82.2 cm³/mol. The maximum absolute atomic E-state index is 12.7. The van der Waals surface area contributed by atoms with Crippen LogP contribution in [0.2, 0.25) is 0 Å². The lowest BCUT2D eigenvalue weighted by molar-refractivity contribution is 0.0972. The first-order valence-corrected chi connectivity index (χ1v) is 6.90. The summed E-state index contributed by atoms with van der Waals surface area (Å²) in [7, 11) is 0. The van der Waals surface area contributed by atoms with E-state index in [0.717, 1.165) is 0 Å². The van der Waals surface area contributed by atoms with E-state index in [9.17, 15) is 24.9 Å². The van der Waals surface area contributed by atoms with Crippen LogP contribution in [0.1, 0.15) is 31.8 Å². The number of ketones is 2. The highest BCUT2D eigenvalue weighted by atomic mass is 16.3. The van der Waals surface area contributed by atoms with E-state index in [0.29, 0.717) is 0 Å². The van der Waals surface area contributed by atoms with Crippen molar-refractivity contribution >= 4 is 22.3 Å². The Bertz CT molecular complexity index is 1030. The van der Waals surface area contributed by atoms with Crippen LogP contribution >= 0.6 is 0 Å². The van der Waals surface area contributed by atoms with Gasteiger partial charge < -0.3 is 15.3 Å². The van der Waals surface area contributed by atoms with Crippen LogP contribution in [0.3, 0.4) is 0 Å². The van der Waals surface area contributed by atoms with Gasteiger partial charge in [0.05, 0.1) is 16.7 Å². The van der Waals surface area contributed by atoms with E-state index >= 15 is 0 Å². The molecule has 0 heterocycles. The van der Waals surface area contributed by atoms with Crippen LogP contribution in [0.5, 0.6) is 17.2 Å². The Labute approximate surface area is 130 Å². The van der Waals surface area contributed by atoms with Gasteiger partial charge in [0.15, 0.2) is 5.78 Å². The van der Waals surface area contributed by atoms with E-state index in [1.165, 1.54) is 18.2 Å². The van der Waals surface area contributed by atoms with Gasteiger partial charge in [-0.3, -0.25) is 9.59 Å². The van der Waals surface area contributed by atoms with Crippen molar-refractivity contribution in [3.05, 3.63) is 64.7 Å². The topological polar surface area (TPSA) is 94.8 Å². The number of aromatic hydroxyl groups is 3. The van der Waals surface area contributed by atoms with E-state index in [1.54, 1.807) is 24.3 Å². The molecule has 0 unspecified atom stereocenters. The summed E-state index contributed by atoms with van der Waals surface area (Å²) in [4.78, 5) is 25.4. The van der Waals surface area contributed by atoms with Crippen molar-refractivity contribution in [3.8, 4) is 17.2 Å². The van der Waals surface area contributed by atoms with Gasteiger partial charge in [0.2, 0.25) is 5.78 Å². The molecule has 4 rings (SSSR count). The molecule has 1 aliphatic carbocycles. The second kappa shape index (κ2) is 4.33. The molecule has 0 aromatic heterocycles. The molecule has 112 valence electrons. The van der Waals surface area contributed by atoms with Crippen molar-refractivity contribution in [3.63, 3.8) is 0 Å². The van der Waals surface area contributed by atoms with E-state index in [2.05, 4.69) is 0 Å². The largest absolute Gasteiger partial charge is 0.507 e. The van der Waals surface area contributed by atoms with Crippen molar-refractivity contribution in [2.24, 2.45) is 0 Å². The SMILES string of the molecule is O=C1c2cccc(O)c2C(=O)c2c1c(O)c1ccccc1c2O. The zero-order chi connectivity index (χ0) is 16.3. The highest BCUT2D eigenvalue weighted by molar-refractivity contribution is 6.33. The summed E-state index contributed by atoms with van der Waals surface area (Å²) in [5.41, 5.74) is -0.660. The molecule has 0 saturated heterocycles. The van der Waals surface area contributed by atoms with Crippen molar-refractivity contribution in [1.82, 2.24) is 0 Å². The van der Waals surface area contributed by atoms with Crippen LogP contribution < -0.4 is 0 Å². The first kappa shape index (κ1) is 13.3. The fraction of sp³-hybridized carbons (Fsp3) is 0. The molecule has 0 atom stereocenters. The molecule has 0 bridgehead atoms. The van der Waals surface area contributed by atoms with Crippen molar-refractivity contribution in [1.29, 1.82) is 0 Å². The molecule has 0 aliphatic heterocycles. The van der Waals surface area contributed by atoms with Crippen LogP contribution in [-0.2, 0) is 0 Å². The van der Waals surface area contributed by atoms with Gasteiger partial charge >= 0.3 is 0 Å².